The molecule has 0 N–H and O–H groups in total. The van der Waals surface area contributed by atoms with Crippen LogP contribution in [0, 0.1) is 6.92 Å². The van der Waals surface area contributed by atoms with Gasteiger partial charge in [0.2, 0.25) is 10.0 Å². The van der Waals surface area contributed by atoms with E-state index in [1.165, 1.54) is 4.31 Å². The molecule has 1 saturated heterocycles. The topological polar surface area (TPSA) is 37.1 Å². The molecule has 0 amide bonds. The lowest BCUT2D eigenvalue weighted by atomic mass is 10.2. The molecule has 1 heterocycles. The van der Waals surface area contributed by atoms with Crippen LogP contribution in [0.25, 0.3) is 0 Å². The molecule has 0 radical (unpaired) electrons. The molecule has 0 bridgehead atoms. The summed E-state index contributed by atoms with van der Waals surface area (Å²) in [6.07, 6.45) is 0. The zero-order valence-electron chi connectivity index (χ0n) is 11.0. The molecule has 1 unspecified atom stereocenters. The zero-order valence-corrected chi connectivity index (χ0v) is 12.5. The van der Waals surface area contributed by atoms with Gasteiger partial charge in [-0.3, -0.25) is 0 Å². The van der Waals surface area contributed by atoms with Crippen LogP contribution in [0.1, 0.15) is 17.2 Å². The van der Waals surface area contributed by atoms with Crippen LogP contribution < -0.4 is 0 Å². The standard InChI is InChI=1S/C15H14ClNO2S/c1-11-6-8-12(9-7-11)20(18,19)17-10-15(17)13-4-2-3-5-14(13)16/h2-9,15H,10H2,1H3/t15-,17?/m1/s1. The summed E-state index contributed by atoms with van der Waals surface area (Å²) in [4.78, 5) is 0.331. The van der Waals surface area contributed by atoms with Gasteiger partial charge in [-0.1, -0.05) is 47.5 Å². The first-order valence-corrected chi connectivity index (χ1v) is 8.15. The van der Waals surface area contributed by atoms with Crippen LogP contribution >= 0.6 is 11.6 Å². The molecular weight excluding hydrogens is 294 g/mol. The molecule has 1 fully saturated rings. The smallest absolute Gasteiger partial charge is 0.207 e. The molecule has 1 aliphatic heterocycles. The number of hydrogen-bond acceptors (Lipinski definition) is 2. The number of sulfonamides is 1. The summed E-state index contributed by atoms with van der Waals surface area (Å²) in [6, 6.07) is 14.1. The SMILES string of the molecule is Cc1ccc(S(=O)(=O)N2C[C@@H]2c2ccccc2Cl)cc1. The maximum absolute atomic E-state index is 12.5. The number of halogens is 1. The first-order chi connectivity index (χ1) is 9.50. The fraction of sp³-hybridized carbons (Fsp3) is 0.200. The molecule has 2 aromatic rings. The second-order valence-electron chi connectivity index (χ2n) is 4.93. The maximum Gasteiger partial charge on any atom is 0.243 e. The van der Waals surface area contributed by atoms with E-state index in [-0.39, 0.29) is 6.04 Å². The fourth-order valence-corrected chi connectivity index (χ4v) is 4.03. The van der Waals surface area contributed by atoms with Gasteiger partial charge in [0.1, 0.15) is 0 Å². The van der Waals surface area contributed by atoms with Crippen molar-refractivity contribution in [3.8, 4) is 0 Å². The lowest BCUT2D eigenvalue weighted by Gasteiger charge is -2.07. The van der Waals surface area contributed by atoms with Gasteiger partial charge in [0.25, 0.3) is 0 Å². The highest BCUT2D eigenvalue weighted by atomic mass is 35.5. The summed E-state index contributed by atoms with van der Waals surface area (Å²) >= 11 is 6.12. The Bertz CT molecular complexity index is 741. The minimum absolute atomic E-state index is 0.144. The molecule has 1 aliphatic rings. The average Bonchev–Trinajstić information content (AvgIpc) is 3.20. The van der Waals surface area contributed by atoms with Crippen molar-refractivity contribution in [2.24, 2.45) is 0 Å². The van der Waals surface area contributed by atoms with E-state index in [1.54, 1.807) is 30.3 Å². The van der Waals surface area contributed by atoms with E-state index in [0.717, 1.165) is 11.1 Å². The lowest BCUT2D eigenvalue weighted by Crippen LogP contribution is -2.12. The Hall–Kier alpha value is -1.36. The largest absolute Gasteiger partial charge is 0.243 e. The van der Waals surface area contributed by atoms with E-state index >= 15 is 0 Å². The Morgan fingerprint density at radius 3 is 2.40 bits per heavy atom. The van der Waals surface area contributed by atoms with Crippen LogP contribution in [-0.2, 0) is 10.0 Å². The molecule has 0 aromatic heterocycles. The van der Waals surface area contributed by atoms with Gasteiger partial charge in [-0.15, -0.1) is 0 Å². The van der Waals surface area contributed by atoms with Crippen molar-refractivity contribution >= 4 is 21.6 Å². The Kier molecular flexibility index (Phi) is 3.32. The molecule has 2 aromatic carbocycles. The van der Waals surface area contributed by atoms with Crippen molar-refractivity contribution < 1.29 is 8.42 Å². The molecule has 3 nitrogen and oxygen atoms in total. The summed E-state index contributed by atoms with van der Waals surface area (Å²) < 4.78 is 26.4. The van der Waals surface area contributed by atoms with E-state index in [0.29, 0.717) is 16.5 Å². The van der Waals surface area contributed by atoms with Crippen LogP contribution in [0.5, 0.6) is 0 Å². The summed E-state index contributed by atoms with van der Waals surface area (Å²) in [5.41, 5.74) is 1.90. The molecule has 104 valence electrons. The second kappa shape index (κ2) is 4.88. The van der Waals surface area contributed by atoms with Gasteiger partial charge in [-0.25, -0.2) is 8.42 Å². The minimum atomic E-state index is -3.42. The highest BCUT2D eigenvalue weighted by Gasteiger charge is 2.46. The van der Waals surface area contributed by atoms with Gasteiger partial charge in [-0.05, 0) is 30.7 Å². The van der Waals surface area contributed by atoms with E-state index < -0.39 is 10.0 Å². The normalized spacial score (nSPS) is 21.7. The van der Waals surface area contributed by atoms with Gasteiger partial charge in [0.15, 0.2) is 0 Å². The summed E-state index contributed by atoms with van der Waals surface area (Å²) in [5, 5.41) is 0.610. The van der Waals surface area contributed by atoms with Gasteiger partial charge in [-0.2, -0.15) is 4.31 Å². The fourth-order valence-electron chi connectivity index (χ4n) is 2.23. The number of rotatable bonds is 3. The molecule has 20 heavy (non-hydrogen) atoms. The van der Waals surface area contributed by atoms with Crippen molar-refractivity contribution in [1.82, 2.24) is 4.31 Å². The third-order valence-corrected chi connectivity index (χ3v) is 5.69. The van der Waals surface area contributed by atoms with Crippen molar-refractivity contribution in [1.29, 1.82) is 0 Å². The molecule has 3 rings (SSSR count). The summed E-state index contributed by atoms with van der Waals surface area (Å²) in [5.74, 6) is 0. The van der Waals surface area contributed by atoms with Crippen LogP contribution in [0.15, 0.2) is 53.4 Å². The van der Waals surface area contributed by atoms with Gasteiger partial charge >= 0.3 is 0 Å². The second-order valence-corrected chi connectivity index (χ2v) is 7.22. The Balaban J connectivity index is 1.89. The van der Waals surface area contributed by atoms with Crippen molar-refractivity contribution in [2.45, 2.75) is 17.9 Å². The van der Waals surface area contributed by atoms with Crippen LogP contribution in [0.4, 0.5) is 0 Å². The Labute approximate surface area is 123 Å². The molecule has 0 aliphatic carbocycles. The molecular formula is C15H14ClNO2S. The third kappa shape index (κ3) is 2.35. The average molecular weight is 308 g/mol. The zero-order chi connectivity index (χ0) is 14.3. The van der Waals surface area contributed by atoms with Gasteiger partial charge in [0, 0.05) is 11.6 Å². The summed E-state index contributed by atoms with van der Waals surface area (Å²) in [6.45, 7) is 2.42. The highest BCUT2D eigenvalue weighted by Crippen LogP contribution is 2.42. The quantitative estimate of drug-likeness (QED) is 0.815. The molecule has 0 spiro atoms. The Morgan fingerprint density at radius 1 is 1.10 bits per heavy atom. The van der Waals surface area contributed by atoms with Gasteiger partial charge in [0.05, 0.1) is 10.9 Å². The van der Waals surface area contributed by atoms with E-state index in [2.05, 4.69) is 0 Å². The number of aryl methyl sites for hydroxylation is 1. The number of benzene rings is 2. The van der Waals surface area contributed by atoms with Crippen LogP contribution in [0.3, 0.4) is 0 Å². The molecule has 2 atom stereocenters. The van der Waals surface area contributed by atoms with Gasteiger partial charge < -0.3 is 0 Å². The van der Waals surface area contributed by atoms with Crippen LogP contribution in [0.2, 0.25) is 5.02 Å². The number of nitrogens with zero attached hydrogens (tertiary/aromatic N) is 1. The monoisotopic (exact) mass is 307 g/mol. The number of hydrogen-bond donors (Lipinski definition) is 0. The van der Waals surface area contributed by atoms with E-state index in [9.17, 15) is 8.42 Å². The van der Waals surface area contributed by atoms with E-state index in [4.69, 9.17) is 11.6 Å². The van der Waals surface area contributed by atoms with Crippen molar-refractivity contribution in [3.63, 3.8) is 0 Å². The Morgan fingerprint density at radius 2 is 1.75 bits per heavy atom. The first kappa shape index (κ1) is 13.6. The predicted octanol–water partition coefficient (Wildman–Crippen LogP) is 3.39. The maximum atomic E-state index is 12.5. The lowest BCUT2D eigenvalue weighted by molar-refractivity contribution is 0.554. The first-order valence-electron chi connectivity index (χ1n) is 6.33. The third-order valence-electron chi connectivity index (χ3n) is 3.46. The highest BCUT2D eigenvalue weighted by molar-refractivity contribution is 7.89. The predicted molar refractivity (Wildman–Crippen MR) is 79.3 cm³/mol. The van der Waals surface area contributed by atoms with Crippen molar-refractivity contribution in [2.75, 3.05) is 6.54 Å². The molecule has 5 heteroatoms. The molecule has 0 saturated carbocycles. The van der Waals surface area contributed by atoms with E-state index in [1.807, 2.05) is 25.1 Å². The van der Waals surface area contributed by atoms with Crippen molar-refractivity contribution in [3.05, 3.63) is 64.7 Å². The summed E-state index contributed by atoms with van der Waals surface area (Å²) in [7, 11) is -3.42. The van der Waals surface area contributed by atoms with Crippen LogP contribution in [-0.4, -0.2) is 19.3 Å². The minimum Gasteiger partial charge on any atom is -0.207 e.